The minimum absolute atomic E-state index is 0.753. The number of hydrogen-bond donors (Lipinski definition) is 1. The van der Waals surface area contributed by atoms with Gasteiger partial charge in [0.1, 0.15) is 0 Å². The Labute approximate surface area is 123 Å². The van der Waals surface area contributed by atoms with E-state index in [9.17, 15) is 0 Å². The molecular weight excluding hydrogens is 244 g/mol. The molecule has 0 aliphatic carbocycles. The van der Waals surface area contributed by atoms with Crippen LogP contribution in [0.4, 0.5) is 0 Å². The summed E-state index contributed by atoms with van der Waals surface area (Å²) in [5.74, 6) is 0. The first-order chi connectivity index (χ1) is 9.78. The first kappa shape index (κ1) is 14.1. The van der Waals surface area contributed by atoms with E-state index in [-0.39, 0.29) is 0 Å². The molecule has 0 spiro atoms. The Hall–Kier alpha value is -0.860. The summed E-state index contributed by atoms with van der Waals surface area (Å²) in [5.41, 5.74) is 2.96. The van der Waals surface area contributed by atoms with Crippen LogP contribution in [0.5, 0.6) is 0 Å². The molecule has 2 bridgehead atoms. The molecule has 2 heteroatoms. The van der Waals surface area contributed by atoms with Gasteiger partial charge in [-0.2, -0.15) is 0 Å². The minimum atomic E-state index is 0.753. The Morgan fingerprint density at radius 2 is 1.85 bits per heavy atom. The van der Waals surface area contributed by atoms with E-state index in [2.05, 4.69) is 48.3 Å². The Morgan fingerprint density at radius 3 is 2.50 bits per heavy atom. The summed E-state index contributed by atoms with van der Waals surface area (Å²) in [5, 5.41) is 3.68. The van der Waals surface area contributed by atoms with E-state index in [0.717, 1.165) is 31.2 Å². The molecule has 2 saturated heterocycles. The monoisotopic (exact) mass is 272 g/mol. The second kappa shape index (κ2) is 6.28. The topological polar surface area (TPSA) is 15.3 Å². The van der Waals surface area contributed by atoms with E-state index in [1.54, 1.807) is 0 Å². The van der Waals surface area contributed by atoms with Crippen molar-refractivity contribution in [1.82, 2.24) is 10.2 Å². The van der Waals surface area contributed by atoms with Gasteiger partial charge >= 0.3 is 0 Å². The lowest BCUT2D eigenvalue weighted by atomic mass is 9.81. The molecule has 2 heterocycles. The van der Waals surface area contributed by atoms with E-state index >= 15 is 0 Å². The predicted molar refractivity (Wildman–Crippen MR) is 84.8 cm³/mol. The number of hydrogen-bond acceptors (Lipinski definition) is 2. The SMILES string of the molecule is CCNC1CC2CCCC(C1)N2Cc1ccccc1C. The van der Waals surface area contributed by atoms with Gasteiger partial charge in [-0.15, -0.1) is 0 Å². The molecular formula is C18H28N2. The van der Waals surface area contributed by atoms with Crippen molar-refractivity contribution < 1.29 is 0 Å². The van der Waals surface area contributed by atoms with Crippen LogP contribution in [0.2, 0.25) is 0 Å². The number of benzene rings is 1. The second-order valence-electron chi connectivity index (χ2n) is 6.56. The third-order valence-electron chi connectivity index (χ3n) is 5.23. The van der Waals surface area contributed by atoms with Gasteiger partial charge in [0.2, 0.25) is 0 Å². The quantitative estimate of drug-likeness (QED) is 0.902. The molecule has 2 aliphatic heterocycles. The van der Waals surface area contributed by atoms with Gasteiger partial charge in [0.05, 0.1) is 0 Å². The van der Waals surface area contributed by atoms with Crippen molar-refractivity contribution in [2.24, 2.45) is 0 Å². The molecule has 2 aliphatic rings. The molecule has 0 saturated carbocycles. The van der Waals surface area contributed by atoms with E-state index in [4.69, 9.17) is 0 Å². The van der Waals surface area contributed by atoms with Crippen molar-refractivity contribution in [2.75, 3.05) is 6.54 Å². The number of fused-ring (bicyclic) bond motifs is 2. The zero-order chi connectivity index (χ0) is 13.9. The van der Waals surface area contributed by atoms with Gasteiger partial charge in [-0.05, 0) is 50.3 Å². The zero-order valence-electron chi connectivity index (χ0n) is 12.9. The van der Waals surface area contributed by atoms with Crippen LogP contribution in [-0.2, 0) is 6.54 Å². The molecule has 1 aromatic rings. The van der Waals surface area contributed by atoms with Crippen LogP contribution in [0.3, 0.4) is 0 Å². The average Bonchev–Trinajstić information content (AvgIpc) is 2.42. The molecule has 1 aromatic carbocycles. The van der Waals surface area contributed by atoms with Gasteiger partial charge in [0.15, 0.2) is 0 Å². The van der Waals surface area contributed by atoms with Crippen LogP contribution < -0.4 is 5.32 Å². The largest absolute Gasteiger partial charge is 0.314 e. The van der Waals surface area contributed by atoms with E-state index in [1.807, 2.05) is 0 Å². The summed E-state index contributed by atoms with van der Waals surface area (Å²) in [6.45, 7) is 6.74. The lowest BCUT2D eigenvalue weighted by Crippen LogP contribution is -2.55. The molecule has 2 nitrogen and oxygen atoms in total. The summed E-state index contributed by atoms with van der Waals surface area (Å²) in [4.78, 5) is 2.81. The zero-order valence-corrected chi connectivity index (χ0v) is 12.9. The fourth-order valence-electron chi connectivity index (χ4n) is 4.18. The van der Waals surface area contributed by atoms with Crippen molar-refractivity contribution in [3.05, 3.63) is 35.4 Å². The maximum Gasteiger partial charge on any atom is 0.0242 e. The maximum absolute atomic E-state index is 3.68. The fraction of sp³-hybridized carbons (Fsp3) is 0.667. The second-order valence-corrected chi connectivity index (χ2v) is 6.56. The normalized spacial score (nSPS) is 30.4. The van der Waals surface area contributed by atoms with Gasteiger partial charge < -0.3 is 5.32 Å². The highest BCUT2D eigenvalue weighted by Gasteiger charge is 2.37. The van der Waals surface area contributed by atoms with E-state index < -0.39 is 0 Å². The van der Waals surface area contributed by atoms with Gasteiger partial charge in [-0.25, -0.2) is 0 Å². The highest BCUT2D eigenvalue weighted by Crippen LogP contribution is 2.35. The lowest BCUT2D eigenvalue weighted by Gasteiger charge is -2.49. The molecule has 2 atom stereocenters. The van der Waals surface area contributed by atoms with Crippen LogP contribution in [0, 0.1) is 6.92 Å². The highest BCUT2D eigenvalue weighted by atomic mass is 15.2. The molecule has 0 radical (unpaired) electrons. The summed E-state index contributed by atoms with van der Waals surface area (Å²) < 4.78 is 0. The first-order valence-corrected chi connectivity index (χ1v) is 8.31. The molecule has 3 rings (SSSR count). The lowest BCUT2D eigenvalue weighted by molar-refractivity contribution is 0.0179. The molecule has 0 aromatic heterocycles. The Morgan fingerprint density at radius 1 is 1.15 bits per heavy atom. The number of aryl methyl sites for hydroxylation is 1. The molecule has 2 unspecified atom stereocenters. The van der Waals surface area contributed by atoms with Gasteiger partial charge in [0.25, 0.3) is 0 Å². The molecule has 110 valence electrons. The summed E-state index contributed by atoms with van der Waals surface area (Å²) in [6.07, 6.45) is 6.90. The van der Waals surface area contributed by atoms with Crippen LogP contribution in [-0.4, -0.2) is 29.6 Å². The standard InChI is InChI=1S/C18H28N2/c1-3-19-16-11-17-9-6-10-18(12-16)20(17)13-15-8-5-4-7-14(15)2/h4-5,7-8,16-19H,3,6,9-13H2,1-2H3. The van der Waals surface area contributed by atoms with E-state index in [0.29, 0.717) is 0 Å². The minimum Gasteiger partial charge on any atom is -0.314 e. The van der Waals surface area contributed by atoms with Crippen LogP contribution >= 0.6 is 0 Å². The number of piperidine rings is 2. The highest BCUT2D eigenvalue weighted by molar-refractivity contribution is 5.25. The number of rotatable bonds is 4. The Kier molecular flexibility index (Phi) is 4.42. The average molecular weight is 272 g/mol. The number of nitrogens with one attached hydrogen (secondary N) is 1. The van der Waals surface area contributed by atoms with Gasteiger partial charge in [-0.3, -0.25) is 4.90 Å². The van der Waals surface area contributed by atoms with Crippen LogP contribution in [0.25, 0.3) is 0 Å². The molecule has 0 amide bonds. The van der Waals surface area contributed by atoms with Gasteiger partial charge in [-0.1, -0.05) is 37.6 Å². The number of nitrogens with zero attached hydrogens (tertiary/aromatic N) is 1. The third-order valence-corrected chi connectivity index (χ3v) is 5.23. The first-order valence-electron chi connectivity index (χ1n) is 8.31. The Bertz CT molecular complexity index is 429. The van der Waals surface area contributed by atoms with Crippen LogP contribution in [0.15, 0.2) is 24.3 Å². The fourth-order valence-corrected chi connectivity index (χ4v) is 4.18. The van der Waals surface area contributed by atoms with Crippen LogP contribution in [0.1, 0.15) is 50.2 Å². The van der Waals surface area contributed by atoms with Gasteiger partial charge in [0, 0.05) is 24.7 Å². The third kappa shape index (κ3) is 2.91. The predicted octanol–water partition coefficient (Wildman–Crippen LogP) is 3.49. The summed E-state index contributed by atoms with van der Waals surface area (Å²) in [7, 11) is 0. The maximum atomic E-state index is 3.68. The van der Waals surface area contributed by atoms with Crippen molar-refractivity contribution in [3.63, 3.8) is 0 Å². The van der Waals surface area contributed by atoms with Crippen molar-refractivity contribution >= 4 is 0 Å². The van der Waals surface area contributed by atoms with Crippen molar-refractivity contribution in [1.29, 1.82) is 0 Å². The van der Waals surface area contributed by atoms with E-state index in [1.165, 1.54) is 43.2 Å². The summed E-state index contributed by atoms with van der Waals surface area (Å²) >= 11 is 0. The Balaban J connectivity index is 1.72. The molecule has 1 N–H and O–H groups in total. The molecule has 2 fully saturated rings. The van der Waals surface area contributed by atoms with Crippen molar-refractivity contribution in [2.45, 2.75) is 70.6 Å². The van der Waals surface area contributed by atoms with Crippen molar-refractivity contribution in [3.8, 4) is 0 Å². The smallest absolute Gasteiger partial charge is 0.0242 e. The summed E-state index contributed by atoms with van der Waals surface area (Å²) in [6, 6.07) is 11.2. The molecule has 20 heavy (non-hydrogen) atoms.